The van der Waals surface area contributed by atoms with Crippen molar-refractivity contribution in [2.45, 2.75) is 76.8 Å². The minimum atomic E-state index is -0.386. The SMILES string of the molecule is CCOC(=O)C1(NC2CCCC2)CCCC(C)C1. The number of carbonyl (C=O) groups excluding carboxylic acids is 1. The van der Waals surface area contributed by atoms with Gasteiger partial charge in [0.1, 0.15) is 5.54 Å². The first kappa shape index (κ1) is 13.9. The van der Waals surface area contributed by atoms with Crippen molar-refractivity contribution in [2.24, 2.45) is 5.92 Å². The van der Waals surface area contributed by atoms with E-state index in [-0.39, 0.29) is 11.5 Å². The average molecular weight is 253 g/mol. The molecule has 2 saturated carbocycles. The molecule has 0 aromatic rings. The van der Waals surface area contributed by atoms with Crippen LogP contribution < -0.4 is 5.32 Å². The molecule has 0 aliphatic heterocycles. The van der Waals surface area contributed by atoms with Crippen LogP contribution in [-0.4, -0.2) is 24.2 Å². The predicted molar refractivity (Wildman–Crippen MR) is 72.4 cm³/mol. The molecule has 1 N–H and O–H groups in total. The lowest BCUT2D eigenvalue weighted by molar-refractivity contribution is -0.154. The van der Waals surface area contributed by atoms with Gasteiger partial charge in [0.2, 0.25) is 0 Å². The Morgan fingerprint density at radius 2 is 2.00 bits per heavy atom. The van der Waals surface area contributed by atoms with Crippen molar-refractivity contribution in [3.63, 3.8) is 0 Å². The van der Waals surface area contributed by atoms with Crippen LogP contribution >= 0.6 is 0 Å². The molecule has 2 aliphatic carbocycles. The van der Waals surface area contributed by atoms with Gasteiger partial charge in [-0.15, -0.1) is 0 Å². The van der Waals surface area contributed by atoms with Crippen molar-refractivity contribution in [1.29, 1.82) is 0 Å². The summed E-state index contributed by atoms with van der Waals surface area (Å²) in [5.41, 5.74) is -0.386. The summed E-state index contributed by atoms with van der Waals surface area (Å²) in [6, 6.07) is 0.528. The smallest absolute Gasteiger partial charge is 0.326 e. The summed E-state index contributed by atoms with van der Waals surface area (Å²) >= 11 is 0. The largest absolute Gasteiger partial charge is 0.465 e. The van der Waals surface area contributed by atoms with Gasteiger partial charge < -0.3 is 4.74 Å². The maximum Gasteiger partial charge on any atom is 0.326 e. The normalized spacial score (nSPS) is 33.6. The van der Waals surface area contributed by atoms with Crippen LogP contribution in [0.25, 0.3) is 0 Å². The maximum absolute atomic E-state index is 12.4. The summed E-state index contributed by atoms with van der Waals surface area (Å²) in [6.07, 6.45) is 9.31. The Balaban J connectivity index is 2.07. The molecule has 0 heterocycles. The highest BCUT2D eigenvalue weighted by Gasteiger charge is 2.44. The molecule has 0 spiro atoms. The third kappa shape index (κ3) is 3.05. The molecule has 2 rings (SSSR count). The van der Waals surface area contributed by atoms with E-state index in [1.54, 1.807) is 0 Å². The second-order valence-electron chi connectivity index (χ2n) is 6.13. The van der Waals surface area contributed by atoms with Gasteiger partial charge in [-0.2, -0.15) is 0 Å². The van der Waals surface area contributed by atoms with Crippen LogP contribution in [0.3, 0.4) is 0 Å². The van der Waals surface area contributed by atoms with Crippen molar-refractivity contribution in [1.82, 2.24) is 5.32 Å². The van der Waals surface area contributed by atoms with Crippen molar-refractivity contribution in [2.75, 3.05) is 6.61 Å². The lowest BCUT2D eigenvalue weighted by Gasteiger charge is -2.40. The Labute approximate surface area is 111 Å². The van der Waals surface area contributed by atoms with E-state index in [1.165, 1.54) is 32.1 Å². The van der Waals surface area contributed by atoms with E-state index < -0.39 is 0 Å². The molecule has 18 heavy (non-hydrogen) atoms. The third-order valence-electron chi connectivity index (χ3n) is 4.50. The maximum atomic E-state index is 12.4. The van der Waals surface area contributed by atoms with Gasteiger partial charge in [0.25, 0.3) is 0 Å². The highest BCUT2D eigenvalue weighted by atomic mass is 16.5. The fourth-order valence-corrected chi connectivity index (χ4v) is 3.66. The monoisotopic (exact) mass is 253 g/mol. The van der Waals surface area contributed by atoms with Crippen molar-refractivity contribution in [3.8, 4) is 0 Å². The van der Waals surface area contributed by atoms with Crippen LogP contribution in [0, 0.1) is 5.92 Å². The Morgan fingerprint density at radius 3 is 2.61 bits per heavy atom. The topological polar surface area (TPSA) is 38.3 Å². The molecule has 0 bridgehead atoms. The van der Waals surface area contributed by atoms with E-state index in [9.17, 15) is 4.79 Å². The van der Waals surface area contributed by atoms with Gasteiger partial charge in [-0.3, -0.25) is 10.1 Å². The highest BCUT2D eigenvalue weighted by Crippen LogP contribution is 2.35. The summed E-state index contributed by atoms with van der Waals surface area (Å²) in [5.74, 6) is 0.612. The number of carbonyl (C=O) groups is 1. The first-order valence-electron chi connectivity index (χ1n) is 7.61. The van der Waals surface area contributed by atoms with Crippen LogP contribution in [0.15, 0.2) is 0 Å². The number of esters is 1. The fraction of sp³-hybridized carbons (Fsp3) is 0.933. The van der Waals surface area contributed by atoms with Crippen LogP contribution in [0.1, 0.15) is 65.2 Å². The molecular weight excluding hydrogens is 226 g/mol. The summed E-state index contributed by atoms with van der Waals surface area (Å²) in [5, 5.41) is 3.67. The first-order chi connectivity index (χ1) is 8.66. The van der Waals surface area contributed by atoms with Gasteiger partial charge in [-0.05, 0) is 38.5 Å². The Hall–Kier alpha value is -0.570. The van der Waals surface area contributed by atoms with E-state index in [2.05, 4.69) is 12.2 Å². The average Bonchev–Trinajstić information content (AvgIpc) is 2.82. The molecule has 2 fully saturated rings. The summed E-state index contributed by atoms with van der Waals surface area (Å²) < 4.78 is 5.34. The third-order valence-corrected chi connectivity index (χ3v) is 4.50. The van der Waals surface area contributed by atoms with Crippen LogP contribution in [0.4, 0.5) is 0 Å². The number of rotatable bonds is 4. The molecule has 3 nitrogen and oxygen atoms in total. The van der Waals surface area contributed by atoms with Gasteiger partial charge >= 0.3 is 5.97 Å². The lowest BCUT2D eigenvalue weighted by atomic mass is 9.76. The van der Waals surface area contributed by atoms with Gasteiger partial charge in [-0.25, -0.2) is 0 Å². The molecule has 0 aromatic heterocycles. The highest BCUT2D eigenvalue weighted by molar-refractivity contribution is 5.81. The zero-order chi connectivity index (χ0) is 13.0. The molecule has 3 heteroatoms. The molecule has 0 radical (unpaired) electrons. The zero-order valence-electron chi connectivity index (χ0n) is 11.8. The summed E-state index contributed by atoms with van der Waals surface area (Å²) in [6.45, 7) is 4.64. The van der Waals surface area contributed by atoms with Gasteiger partial charge in [-0.1, -0.05) is 32.6 Å². The minimum absolute atomic E-state index is 0.0107. The number of nitrogens with one attached hydrogen (secondary N) is 1. The standard InChI is InChI=1S/C15H27NO2/c1-3-18-14(17)15(10-6-7-12(2)11-15)16-13-8-4-5-9-13/h12-13,16H,3-11H2,1-2H3. The van der Waals surface area contributed by atoms with Crippen LogP contribution in [0.2, 0.25) is 0 Å². The summed E-state index contributed by atoms with van der Waals surface area (Å²) in [7, 11) is 0. The molecular formula is C15H27NO2. The second-order valence-corrected chi connectivity index (χ2v) is 6.13. The van der Waals surface area contributed by atoms with E-state index in [0.29, 0.717) is 18.6 Å². The van der Waals surface area contributed by atoms with Crippen molar-refractivity contribution < 1.29 is 9.53 Å². The molecule has 2 aliphatic rings. The Kier molecular flexibility index (Phi) is 4.66. The minimum Gasteiger partial charge on any atom is -0.465 e. The molecule has 0 aromatic carbocycles. The predicted octanol–water partition coefficient (Wildman–Crippen LogP) is 3.03. The van der Waals surface area contributed by atoms with Crippen LogP contribution in [-0.2, 0) is 9.53 Å². The van der Waals surface area contributed by atoms with E-state index in [4.69, 9.17) is 4.74 Å². The number of hydrogen-bond acceptors (Lipinski definition) is 3. The molecule has 104 valence electrons. The quantitative estimate of drug-likeness (QED) is 0.783. The van der Waals surface area contributed by atoms with E-state index >= 15 is 0 Å². The Bertz CT molecular complexity index is 286. The molecule has 2 atom stereocenters. The van der Waals surface area contributed by atoms with Gasteiger partial charge in [0.05, 0.1) is 6.61 Å². The van der Waals surface area contributed by atoms with Gasteiger partial charge in [0.15, 0.2) is 0 Å². The van der Waals surface area contributed by atoms with Crippen LogP contribution in [0.5, 0.6) is 0 Å². The van der Waals surface area contributed by atoms with E-state index in [1.807, 2.05) is 6.92 Å². The first-order valence-corrected chi connectivity index (χ1v) is 7.61. The van der Waals surface area contributed by atoms with Crippen molar-refractivity contribution in [3.05, 3.63) is 0 Å². The molecule has 0 amide bonds. The van der Waals surface area contributed by atoms with Gasteiger partial charge in [0, 0.05) is 6.04 Å². The lowest BCUT2D eigenvalue weighted by Crippen LogP contribution is -2.58. The summed E-state index contributed by atoms with van der Waals surface area (Å²) in [4.78, 5) is 12.4. The molecule has 2 unspecified atom stereocenters. The second kappa shape index (κ2) is 6.05. The fourth-order valence-electron chi connectivity index (χ4n) is 3.66. The number of ether oxygens (including phenoxy) is 1. The zero-order valence-corrected chi connectivity index (χ0v) is 11.8. The number of hydrogen-bond donors (Lipinski definition) is 1. The van der Waals surface area contributed by atoms with E-state index in [0.717, 1.165) is 19.3 Å². The molecule has 0 saturated heterocycles. The Morgan fingerprint density at radius 1 is 1.28 bits per heavy atom. The van der Waals surface area contributed by atoms with Crippen molar-refractivity contribution >= 4 is 5.97 Å².